The Labute approximate surface area is 159 Å². The number of carbonyl (C=O) groups excluding carboxylic acids is 1. The summed E-state index contributed by atoms with van der Waals surface area (Å²) in [6.07, 6.45) is 1.48. The van der Waals surface area contributed by atoms with Crippen molar-refractivity contribution in [2.45, 2.75) is 13.3 Å². The number of aliphatic carboxylic acids is 1. The summed E-state index contributed by atoms with van der Waals surface area (Å²) < 4.78 is 11.1. The van der Waals surface area contributed by atoms with Crippen LogP contribution in [-0.2, 0) is 9.59 Å². The molecule has 1 amide bonds. The number of rotatable bonds is 7. The van der Waals surface area contributed by atoms with Gasteiger partial charge in [0.25, 0.3) is 5.91 Å². The van der Waals surface area contributed by atoms with Crippen LogP contribution in [0.4, 0.5) is 0 Å². The van der Waals surface area contributed by atoms with Gasteiger partial charge in [-0.15, -0.1) is 0 Å². The van der Waals surface area contributed by atoms with E-state index in [2.05, 4.69) is 0 Å². The highest BCUT2D eigenvalue weighted by molar-refractivity contribution is 8.26. The van der Waals surface area contributed by atoms with Crippen LogP contribution in [-0.4, -0.2) is 46.5 Å². The second kappa shape index (κ2) is 8.55. The van der Waals surface area contributed by atoms with E-state index in [1.807, 2.05) is 6.92 Å². The molecule has 1 aliphatic rings. The summed E-state index contributed by atoms with van der Waals surface area (Å²) in [4.78, 5) is 24.8. The van der Waals surface area contributed by atoms with E-state index in [1.54, 1.807) is 18.2 Å². The van der Waals surface area contributed by atoms with Crippen molar-refractivity contribution in [1.82, 2.24) is 4.90 Å². The smallest absolute Gasteiger partial charge is 0.305 e. The highest BCUT2D eigenvalue weighted by Crippen LogP contribution is 2.38. The molecular formula is C16H16ClNO5S2. The molecule has 9 heteroatoms. The van der Waals surface area contributed by atoms with Crippen molar-refractivity contribution in [2.24, 2.45) is 0 Å². The highest BCUT2D eigenvalue weighted by Gasteiger charge is 2.32. The molecule has 25 heavy (non-hydrogen) atoms. The van der Waals surface area contributed by atoms with Crippen molar-refractivity contribution in [1.29, 1.82) is 0 Å². The molecule has 1 heterocycles. The van der Waals surface area contributed by atoms with Gasteiger partial charge in [-0.2, -0.15) is 0 Å². The van der Waals surface area contributed by atoms with Crippen LogP contribution in [0, 0.1) is 0 Å². The number of halogens is 1. The number of thioether (sulfide) groups is 1. The average Bonchev–Trinajstić information content (AvgIpc) is 2.79. The summed E-state index contributed by atoms with van der Waals surface area (Å²) in [5.74, 6) is -0.401. The lowest BCUT2D eigenvalue weighted by molar-refractivity contribution is -0.137. The zero-order valence-electron chi connectivity index (χ0n) is 13.6. The summed E-state index contributed by atoms with van der Waals surface area (Å²) >= 11 is 12.5. The molecule has 134 valence electrons. The van der Waals surface area contributed by atoms with Gasteiger partial charge >= 0.3 is 5.97 Å². The first-order valence-corrected chi connectivity index (χ1v) is 8.95. The third-order valence-corrected chi connectivity index (χ3v) is 4.91. The standard InChI is InChI=1S/C16H16ClNO5S2/c1-3-23-11-7-9(6-10(17)14(11)22-2)8-12-15(21)18(16(24)25-12)5-4-13(19)20/h6-8H,3-5H2,1-2H3,(H,19,20)/b12-8-. The fourth-order valence-corrected chi connectivity index (χ4v) is 3.79. The highest BCUT2D eigenvalue weighted by atomic mass is 35.5. The molecule has 0 saturated carbocycles. The topological polar surface area (TPSA) is 76.1 Å². The first kappa shape index (κ1) is 19.6. The molecule has 0 unspecified atom stereocenters. The molecule has 0 bridgehead atoms. The zero-order chi connectivity index (χ0) is 18.6. The van der Waals surface area contributed by atoms with Crippen molar-refractivity contribution in [2.75, 3.05) is 20.3 Å². The molecule has 1 aromatic carbocycles. The third-order valence-electron chi connectivity index (χ3n) is 3.26. The number of nitrogens with zero attached hydrogens (tertiary/aromatic N) is 1. The monoisotopic (exact) mass is 401 g/mol. The van der Waals surface area contributed by atoms with E-state index in [0.29, 0.717) is 37.9 Å². The number of benzene rings is 1. The maximum atomic E-state index is 12.4. The van der Waals surface area contributed by atoms with Crippen LogP contribution >= 0.6 is 35.6 Å². The van der Waals surface area contributed by atoms with Crippen LogP contribution in [0.2, 0.25) is 5.02 Å². The molecule has 1 N–H and O–H groups in total. The predicted octanol–water partition coefficient (Wildman–Crippen LogP) is 3.42. The molecule has 6 nitrogen and oxygen atoms in total. The second-order valence-corrected chi connectivity index (χ2v) is 7.03. The number of carbonyl (C=O) groups is 2. The van der Waals surface area contributed by atoms with Crippen LogP contribution in [0.15, 0.2) is 17.0 Å². The summed E-state index contributed by atoms with van der Waals surface area (Å²) in [7, 11) is 1.50. The fraction of sp³-hybridized carbons (Fsp3) is 0.312. The minimum Gasteiger partial charge on any atom is -0.491 e. The van der Waals surface area contributed by atoms with Gasteiger partial charge in [0.05, 0.1) is 30.1 Å². The van der Waals surface area contributed by atoms with Crippen molar-refractivity contribution < 1.29 is 24.2 Å². The van der Waals surface area contributed by atoms with E-state index < -0.39 is 5.97 Å². The number of thiocarbonyl (C=S) groups is 1. The molecule has 0 spiro atoms. The Morgan fingerprint density at radius 1 is 1.48 bits per heavy atom. The van der Waals surface area contributed by atoms with Gasteiger partial charge in [0, 0.05) is 6.54 Å². The summed E-state index contributed by atoms with van der Waals surface area (Å²) in [5, 5.41) is 9.13. The molecule has 0 aliphatic carbocycles. The largest absolute Gasteiger partial charge is 0.491 e. The van der Waals surface area contributed by atoms with E-state index >= 15 is 0 Å². The average molecular weight is 402 g/mol. The van der Waals surface area contributed by atoms with Crippen molar-refractivity contribution >= 4 is 57.9 Å². The number of hydrogen-bond donors (Lipinski definition) is 1. The number of ether oxygens (including phenoxy) is 2. The molecule has 2 rings (SSSR count). The van der Waals surface area contributed by atoms with E-state index in [9.17, 15) is 9.59 Å². The van der Waals surface area contributed by atoms with Crippen molar-refractivity contribution in [3.8, 4) is 11.5 Å². The van der Waals surface area contributed by atoms with E-state index in [4.69, 9.17) is 38.4 Å². The summed E-state index contributed by atoms with van der Waals surface area (Å²) in [6, 6.07) is 3.38. The first-order chi connectivity index (χ1) is 11.9. The van der Waals surface area contributed by atoms with E-state index in [0.717, 1.165) is 11.8 Å². The van der Waals surface area contributed by atoms with Crippen LogP contribution in [0.5, 0.6) is 11.5 Å². The van der Waals surface area contributed by atoms with Gasteiger partial charge in [-0.25, -0.2) is 0 Å². The lowest BCUT2D eigenvalue weighted by Crippen LogP contribution is -2.30. The second-order valence-electron chi connectivity index (χ2n) is 4.94. The Morgan fingerprint density at radius 3 is 2.80 bits per heavy atom. The molecule has 1 fully saturated rings. The fourth-order valence-electron chi connectivity index (χ4n) is 2.18. The van der Waals surface area contributed by atoms with Gasteiger partial charge in [0.1, 0.15) is 4.32 Å². The van der Waals surface area contributed by atoms with E-state index in [-0.39, 0.29) is 18.9 Å². The predicted molar refractivity (Wildman–Crippen MR) is 101 cm³/mol. The Morgan fingerprint density at radius 2 is 2.20 bits per heavy atom. The van der Waals surface area contributed by atoms with Crippen LogP contribution < -0.4 is 9.47 Å². The first-order valence-electron chi connectivity index (χ1n) is 7.34. The van der Waals surface area contributed by atoms with Gasteiger partial charge in [-0.1, -0.05) is 35.6 Å². The maximum Gasteiger partial charge on any atom is 0.305 e. The molecule has 1 aliphatic heterocycles. The number of amides is 1. The molecule has 0 atom stereocenters. The van der Waals surface area contributed by atoms with E-state index in [1.165, 1.54) is 12.0 Å². The zero-order valence-corrected chi connectivity index (χ0v) is 16.0. The molecular weight excluding hydrogens is 386 g/mol. The Balaban J connectivity index is 2.29. The number of methoxy groups -OCH3 is 1. The lowest BCUT2D eigenvalue weighted by Gasteiger charge is -2.12. The number of hydrogen-bond acceptors (Lipinski definition) is 6. The maximum absolute atomic E-state index is 12.4. The minimum atomic E-state index is -0.985. The molecule has 0 aromatic heterocycles. The quantitative estimate of drug-likeness (QED) is 0.554. The molecule has 1 aromatic rings. The van der Waals surface area contributed by atoms with Crippen molar-refractivity contribution in [3.63, 3.8) is 0 Å². The Bertz CT molecular complexity index is 750. The Kier molecular flexibility index (Phi) is 6.69. The third kappa shape index (κ3) is 4.65. The van der Waals surface area contributed by atoms with Crippen LogP contribution in [0.3, 0.4) is 0 Å². The molecule has 1 saturated heterocycles. The van der Waals surface area contributed by atoms with Crippen LogP contribution in [0.25, 0.3) is 6.08 Å². The van der Waals surface area contributed by atoms with Crippen LogP contribution in [0.1, 0.15) is 18.9 Å². The van der Waals surface area contributed by atoms with Gasteiger partial charge < -0.3 is 14.6 Å². The van der Waals surface area contributed by atoms with Gasteiger partial charge in [-0.05, 0) is 30.7 Å². The molecule has 0 radical (unpaired) electrons. The number of carboxylic acid groups (broad SMARTS) is 1. The normalized spacial score (nSPS) is 15.8. The minimum absolute atomic E-state index is 0.0465. The Hall–Kier alpha value is -1.77. The summed E-state index contributed by atoms with van der Waals surface area (Å²) in [6.45, 7) is 2.33. The SMILES string of the molecule is CCOc1cc(/C=C2\SC(=S)N(CCC(=O)O)C2=O)cc(Cl)c1OC. The lowest BCUT2D eigenvalue weighted by atomic mass is 10.1. The van der Waals surface area contributed by atoms with Gasteiger partial charge in [0.2, 0.25) is 0 Å². The van der Waals surface area contributed by atoms with Gasteiger partial charge in [-0.3, -0.25) is 14.5 Å². The summed E-state index contributed by atoms with van der Waals surface area (Å²) in [5.41, 5.74) is 0.660. The van der Waals surface area contributed by atoms with Crippen molar-refractivity contribution in [3.05, 3.63) is 27.6 Å². The van der Waals surface area contributed by atoms with Gasteiger partial charge in [0.15, 0.2) is 11.5 Å². The number of carboxylic acids is 1.